The van der Waals surface area contributed by atoms with E-state index < -0.39 is 4.75 Å². The van der Waals surface area contributed by atoms with Gasteiger partial charge in [0.15, 0.2) is 4.93 Å². The molecule has 1 fully saturated rings. The largest absolute Gasteiger partial charge is 0.447 e. The molecule has 0 spiro atoms. The van der Waals surface area contributed by atoms with Crippen molar-refractivity contribution in [3.8, 4) is 0 Å². The fraction of sp³-hybridized carbons (Fsp3) is 0.667. The first-order valence-electron chi connectivity index (χ1n) is 3.94. The van der Waals surface area contributed by atoms with Gasteiger partial charge in [-0.3, -0.25) is 4.79 Å². The molecule has 0 radical (unpaired) electrons. The fourth-order valence-electron chi connectivity index (χ4n) is 1.34. The number of carbonyl (C=O) groups is 1. The minimum Gasteiger partial charge on any atom is -0.447 e. The maximum atomic E-state index is 11.4. The summed E-state index contributed by atoms with van der Waals surface area (Å²) in [6, 6.07) is 0. The van der Waals surface area contributed by atoms with Crippen LogP contribution in [0, 0.1) is 0 Å². The minimum atomic E-state index is -0.425. The molecule has 0 saturated carbocycles. The van der Waals surface area contributed by atoms with Crippen molar-refractivity contribution in [3.05, 3.63) is 12.7 Å². The minimum absolute atomic E-state index is 0.127. The van der Waals surface area contributed by atoms with E-state index in [4.69, 9.17) is 4.74 Å². The number of hydrogen-bond acceptors (Lipinski definition) is 3. The fourth-order valence-corrected chi connectivity index (χ4v) is 2.87. The zero-order chi connectivity index (χ0) is 9.41. The summed E-state index contributed by atoms with van der Waals surface area (Å²) in [5.74, 6) is -0.127. The summed E-state index contributed by atoms with van der Waals surface area (Å²) >= 11 is 1.56. The first kappa shape index (κ1) is 9.65. The molecule has 12 heavy (non-hydrogen) atoms. The van der Waals surface area contributed by atoms with Crippen LogP contribution in [0.4, 0.5) is 0 Å². The summed E-state index contributed by atoms with van der Waals surface area (Å²) in [4.78, 5) is 11.0. The van der Waals surface area contributed by atoms with E-state index in [1.807, 2.05) is 20.8 Å². The highest BCUT2D eigenvalue weighted by atomic mass is 32.2. The molecule has 0 aromatic rings. The molecule has 68 valence electrons. The Morgan fingerprint density at radius 1 is 1.58 bits per heavy atom. The van der Waals surface area contributed by atoms with Gasteiger partial charge in [-0.1, -0.05) is 17.8 Å². The third-order valence-electron chi connectivity index (χ3n) is 1.78. The number of hydrogen-bond donors (Lipinski definition) is 0. The van der Waals surface area contributed by atoms with Gasteiger partial charge in [-0.25, -0.2) is 0 Å². The Balaban J connectivity index is 2.81. The van der Waals surface area contributed by atoms with E-state index >= 15 is 0 Å². The normalized spacial score (nSPS) is 33.1. The zero-order valence-corrected chi connectivity index (χ0v) is 8.53. The second kappa shape index (κ2) is 2.80. The van der Waals surface area contributed by atoms with Crippen LogP contribution in [0.1, 0.15) is 27.2 Å². The Labute approximate surface area is 77.4 Å². The van der Waals surface area contributed by atoms with Gasteiger partial charge in [0.1, 0.15) is 4.75 Å². The lowest BCUT2D eigenvalue weighted by Gasteiger charge is -2.17. The number of esters is 1. The summed E-state index contributed by atoms with van der Waals surface area (Å²) in [5.41, 5.74) is 0. The number of ether oxygens (including phenoxy) is 1. The van der Waals surface area contributed by atoms with E-state index in [2.05, 4.69) is 6.58 Å². The van der Waals surface area contributed by atoms with Crippen molar-refractivity contribution in [2.45, 2.75) is 36.9 Å². The van der Waals surface area contributed by atoms with E-state index in [1.54, 1.807) is 17.8 Å². The first-order valence-corrected chi connectivity index (χ1v) is 4.76. The Kier molecular flexibility index (Phi) is 2.25. The molecule has 0 aromatic carbocycles. The van der Waals surface area contributed by atoms with Gasteiger partial charge in [-0.15, -0.1) is 6.58 Å². The molecule has 1 aliphatic heterocycles. The SMILES string of the molecule is C=CCC1(C)SC(C)(C)OC1=O. The van der Waals surface area contributed by atoms with E-state index in [-0.39, 0.29) is 10.9 Å². The van der Waals surface area contributed by atoms with Gasteiger partial charge in [0.2, 0.25) is 0 Å². The Morgan fingerprint density at radius 3 is 2.50 bits per heavy atom. The van der Waals surface area contributed by atoms with Crippen molar-refractivity contribution in [3.63, 3.8) is 0 Å². The van der Waals surface area contributed by atoms with Crippen LogP contribution < -0.4 is 0 Å². The molecular weight excluding hydrogens is 172 g/mol. The van der Waals surface area contributed by atoms with Gasteiger partial charge in [0.05, 0.1) is 0 Å². The molecule has 0 bridgehead atoms. The van der Waals surface area contributed by atoms with Crippen LogP contribution in [-0.2, 0) is 9.53 Å². The third kappa shape index (κ3) is 1.66. The van der Waals surface area contributed by atoms with Gasteiger partial charge >= 0.3 is 5.97 Å². The lowest BCUT2D eigenvalue weighted by atomic mass is 10.1. The highest BCUT2D eigenvalue weighted by Crippen LogP contribution is 2.47. The van der Waals surface area contributed by atoms with Crippen molar-refractivity contribution in [2.75, 3.05) is 0 Å². The van der Waals surface area contributed by atoms with Crippen molar-refractivity contribution < 1.29 is 9.53 Å². The quantitative estimate of drug-likeness (QED) is 0.489. The van der Waals surface area contributed by atoms with Crippen LogP contribution in [0.15, 0.2) is 12.7 Å². The van der Waals surface area contributed by atoms with Crippen LogP contribution in [0.3, 0.4) is 0 Å². The topological polar surface area (TPSA) is 26.3 Å². The number of thioether (sulfide) groups is 1. The Bertz CT molecular complexity index is 223. The Morgan fingerprint density at radius 2 is 2.17 bits per heavy atom. The van der Waals surface area contributed by atoms with Crippen LogP contribution in [0.25, 0.3) is 0 Å². The third-order valence-corrected chi connectivity index (χ3v) is 3.13. The van der Waals surface area contributed by atoms with Crippen molar-refractivity contribution in [1.82, 2.24) is 0 Å². The van der Waals surface area contributed by atoms with Crippen LogP contribution >= 0.6 is 11.8 Å². The number of carbonyl (C=O) groups excluding carboxylic acids is 1. The van der Waals surface area contributed by atoms with Gasteiger partial charge < -0.3 is 4.74 Å². The lowest BCUT2D eigenvalue weighted by molar-refractivity contribution is -0.148. The van der Waals surface area contributed by atoms with Gasteiger partial charge in [0.25, 0.3) is 0 Å². The van der Waals surface area contributed by atoms with Crippen LogP contribution in [0.2, 0.25) is 0 Å². The standard InChI is InChI=1S/C9H14O2S/c1-5-6-9(4)7(10)11-8(2,3)12-9/h5H,1,6H2,2-4H3. The summed E-state index contributed by atoms with van der Waals surface area (Å²) < 4.78 is 4.77. The van der Waals surface area contributed by atoms with E-state index in [0.717, 1.165) is 0 Å². The molecule has 1 aliphatic rings. The number of cyclic esters (lactones) is 1. The monoisotopic (exact) mass is 186 g/mol. The second-order valence-electron chi connectivity index (χ2n) is 3.62. The van der Waals surface area contributed by atoms with E-state index in [0.29, 0.717) is 6.42 Å². The van der Waals surface area contributed by atoms with Crippen LogP contribution in [-0.4, -0.2) is 15.6 Å². The first-order chi connectivity index (χ1) is 5.40. The highest BCUT2D eigenvalue weighted by molar-refractivity contribution is 8.02. The van der Waals surface area contributed by atoms with Gasteiger partial charge in [-0.05, 0) is 27.2 Å². The predicted molar refractivity (Wildman–Crippen MR) is 51.0 cm³/mol. The van der Waals surface area contributed by atoms with E-state index in [1.165, 1.54) is 0 Å². The van der Waals surface area contributed by atoms with Crippen LogP contribution in [0.5, 0.6) is 0 Å². The molecule has 2 nitrogen and oxygen atoms in total. The molecule has 0 N–H and O–H groups in total. The van der Waals surface area contributed by atoms with Crippen molar-refractivity contribution in [2.24, 2.45) is 0 Å². The molecule has 1 saturated heterocycles. The summed E-state index contributed by atoms with van der Waals surface area (Å²) in [5, 5.41) is 0. The smallest absolute Gasteiger partial charge is 0.323 e. The van der Waals surface area contributed by atoms with Gasteiger partial charge in [-0.2, -0.15) is 0 Å². The Hall–Kier alpha value is -0.440. The predicted octanol–water partition coefficient (Wildman–Crippen LogP) is 2.35. The molecular formula is C9H14O2S. The average molecular weight is 186 g/mol. The van der Waals surface area contributed by atoms with Crippen molar-refractivity contribution >= 4 is 17.7 Å². The maximum absolute atomic E-state index is 11.4. The molecule has 1 rings (SSSR count). The number of allylic oxidation sites excluding steroid dienone is 1. The average Bonchev–Trinajstić information content (AvgIpc) is 2.02. The lowest BCUT2D eigenvalue weighted by Crippen LogP contribution is -2.26. The molecule has 0 aromatic heterocycles. The van der Waals surface area contributed by atoms with E-state index in [9.17, 15) is 4.79 Å². The number of rotatable bonds is 2. The zero-order valence-electron chi connectivity index (χ0n) is 7.72. The summed E-state index contributed by atoms with van der Waals surface area (Å²) in [6.07, 6.45) is 2.43. The molecule has 0 amide bonds. The maximum Gasteiger partial charge on any atom is 0.323 e. The molecule has 1 unspecified atom stereocenters. The van der Waals surface area contributed by atoms with Crippen molar-refractivity contribution in [1.29, 1.82) is 0 Å². The molecule has 0 aliphatic carbocycles. The summed E-state index contributed by atoms with van der Waals surface area (Å²) in [6.45, 7) is 9.34. The van der Waals surface area contributed by atoms with Gasteiger partial charge in [0, 0.05) is 0 Å². The highest BCUT2D eigenvalue weighted by Gasteiger charge is 2.49. The molecule has 1 heterocycles. The second-order valence-corrected chi connectivity index (χ2v) is 5.70. The summed E-state index contributed by atoms with van der Waals surface area (Å²) in [7, 11) is 0. The molecule has 1 atom stereocenters. The molecule has 3 heteroatoms.